The molecule has 0 aromatic heterocycles. The molecule has 4 heteroatoms. The molecule has 3 rings (SSSR count). The van der Waals surface area contributed by atoms with Gasteiger partial charge in [-0.25, -0.2) is 0 Å². The Balaban J connectivity index is 1.73. The number of carbonyl (C=O) groups excluding carboxylic acids is 1. The summed E-state index contributed by atoms with van der Waals surface area (Å²) < 4.78 is 12.2. The molecule has 0 unspecified atom stereocenters. The van der Waals surface area contributed by atoms with Crippen LogP contribution in [-0.2, 0) is 6.61 Å². The predicted molar refractivity (Wildman–Crippen MR) is 111 cm³/mol. The summed E-state index contributed by atoms with van der Waals surface area (Å²) in [5.41, 5.74) is 2.48. The molecule has 3 aromatic rings. The topological polar surface area (TPSA) is 35.5 Å². The molecule has 27 heavy (non-hydrogen) atoms. The summed E-state index contributed by atoms with van der Waals surface area (Å²) in [6, 6.07) is 22.7. The maximum absolute atomic E-state index is 12.3. The minimum absolute atomic E-state index is 0.0413. The Morgan fingerprint density at radius 3 is 2.44 bits per heavy atom. The first-order chi connectivity index (χ1) is 13.2. The highest BCUT2D eigenvalue weighted by Crippen LogP contribution is 2.23. The third-order valence-corrected chi connectivity index (χ3v) is 4.53. The fourth-order valence-corrected chi connectivity index (χ4v) is 2.84. The lowest BCUT2D eigenvalue weighted by Crippen LogP contribution is -1.99. The van der Waals surface area contributed by atoms with Gasteiger partial charge in [-0.3, -0.25) is 4.79 Å². The Morgan fingerprint density at radius 1 is 1.00 bits per heavy atom. The van der Waals surface area contributed by atoms with E-state index in [0.29, 0.717) is 12.2 Å². The number of hydrogen-bond acceptors (Lipinski definition) is 3. The standard InChI is InChI=1S/C23H19BrO3/c1-26-23-14-8-17(7-13-22(25)18-9-11-20(24)12-10-18)15-19(23)16-27-21-5-3-2-4-6-21/h2-15H,16H2,1H3/b13-7+. The van der Waals surface area contributed by atoms with Crippen LogP contribution in [0.15, 0.2) is 83.3 Å². The minimum Gasteiger partial charge on any atom is -0.496 e. The van der Waals surface area contributed by atoms with Gasteiger partial charge in [0.1, 0.15) is 18.1 Å². The molecule has 0 amide bonds. The maximum Gasteiger partial charge on any atom is 0.185 e. The molecule has 0 saturated carbocycles. The summed E-state index contributed by atoms with van der Waals surface area (Å²) in [6.45, 7) is 0.384. The van der Waals surface area contributed by atoms with Crippen molar-refractivity contribution < 1.29 is 14.3 Å². The van der Waals surface area contributed by atoms with Crippen molar-refractivity contribution in [3.8, 4) is 11.5 Å². The second-order valence-electron chi connectivity index (χ2n) is 5.88. The second kappa shape index (κ2) is 9.19. The first kappa shape index (κ1) is 18.9. The van der Waals surface area contributed by atoms with E-state index in [2.05, 4.69) is 15.9 Å². The lowest BCUT2D eigenvalue weighted by molar-refractivity contribution is 0.104. The Kier molecular flexibility index (Phi) is 6.44. The van der Waals surface area contributed by atoms with Gasteiger partial charge >= 0.3 is 0 Å². The van der Waals surface area contributed by atoms with E-state index in [1.807, 2.05) is 60.7 Å². The first-order valence-electron chi connectivity index (χ1n) is 8.48. The fraction of sp³-hybridized carbons (Fsp3) is 0.0870. The molecule has 0 aliphatic carbocycles. The van der Waals surface area contributed by atoms with E-state index in [1.54, 1.807) is 31.4 Å². The highest BCUT2D eigenvalue weighted by atomic mass is 79.9. The number of hydrogen-bond donors (Lipinski definition) is 0. The molecular formula is C23H19BrO3. The Bertz CT molecular complexity index is 932. The van der Waals surface area contributed by atoms with Crippen LogP contribution in [0.3, 0.4) is 0 Å². The van der Waals surface area contributed by atoms with Crippen molar-refractivity contribution in [1.29, 1.82) is 0 Å². The van der Waals surface area contributed by atoms with Crippen molar-refractivity contribution in [2.45, 2.75) is 6.61 Å². The number of benzene rings is 3. The van der Waals surface area contributed by atoms with Crippen LogP contribution in [0, 0.1) is 0 Å². The summed E-state index contributed by atoms with van der Waals surface area (Å²) in [7, 11) is 1.63. The van der Waals surface area contributed by atoms with Crippen molar-refractivity contribution in [2.75, 3.05) is 7.11 Å². The average molecular weight is 423 g/mol. The van der Waals surface area contributed by atoms with Crippen molar-refractivity contribution in [3.05, 3.63) is 100 Å². The highest BCUT2D eigenvalue weighted by molar-refractivity contribution is 9.10. The summed E-state index contributed by atoms with van der Waals surface area (Å²) in [5, 5.41) is 0. The number of methoxy groups -OCH3 is 1. The Hall–Kier alpha value is -2.85. The first-order valence-corrected chi connectivity index (χ1v) is 9.28. The Labute approximate surface area is 167 Å². The van der Waals surface area contributed by atoms with Gasteiger partial charge in [-0.2, -0.15) is 0 Å². The molecule has 3 aromatic carbocycles. The van der Waals surface area contributed by atoms with Gasteiger partial charge in [0.2, 0.25) is 0 Å². The molecule has 0 aliphatic heterocycles. The quantitative estimate of drug-likeness (QED) is 0.349. The van der Waals surface area contributed by atoms with Gasteiger partial charge in [0.15, 0.2) is 5.78 Å². The smallest absolute Gasteiger partial charge is 0.185 e. The van der Waals surface area contributed by atoms with Crippen LogP contribution in [0.25, 0.3) is 6.08 Å². The van der Waals surface area contributed by atoms with Crippen molar-refractivity contribution in [2.24, 2.45) is 0 Å². The van der Waals surface area contributed by atoms with E-state index >= 15 is 0 Å². The van der Waals surface area contributed by atoms with Crippen LogP contribution >= 0.6 is 15.9 Å². The van der Waals surface area contributed by atoms with E-state index in [1.165, 1.54) is 0 Å². The molecule has 0 aliphatic rings. The highest BCUT2D eigenvalue weighted by Gasteiger charge is 2.06. The number of rotatable bonds is 7. The number of halogens is 1. The van der Waals surface area contributed by atoms with Crippen LogP contribution in [0.5, 0.6) is 11.5 Å². The van der Waals surface area contributed by atoms with E-state index < -0.39 is 0 Å². The second-order valence-corrected chi connectivity index (χ2v) is 6.79. The molecule has 0 atom stereocenters. The predicted octanol–water partition coefficient (Wildman–Crippen LogP) is 5.93. The lowest BCUT2D eigenvalue weighted by atomic mass is 10.1. The number of ether oxygens (including phenoxy) is 2. The molecule has 0 bridgehead atoms. The van der Waals surface area contributed by atoms with Crippen LogP contribution in [0.1, 0.15) is 21.5 Å². The molecule has 0 heterocycles. The van der Waals surface area contributed by atoms with Crippen molar-refractivity contribution in [1.82, 2.24) is 0 Å². The van der Waals surface area contributed by atoms with Gasteiger partial charge in [0.25, 0.3) is 0 Å². The summed E-state index contributed by atoms with van der Waals surface area (Å²) >= 11 is 3.37. The monoisotopic (exact) mass is 422 g/mol. The molecule has 0 saturated heterocycles. The fourth-order valence-electron chi connectivity index (χ4n) is 2.58. The third kappa shape index (κ3) is 5.31. The number of allylic oxidation sites excluding steroid dienone is 1. The van der Waals surface area contributed by atoms with Gasteiger partial charge < -0.3 is 9.47 Å². The molecule has 0 spiro atoms. The SMILES string of the molecule is COc1ccc(/C=C/C(=O)c2ccc(Br)cc2)cc1COc1ccccc1. The molecular weight excluding hydrogens is 404 g/mol. The van der Waals surface area contributed by atoms with Gasteiger partial charge in [0.05, 0.1) is 7.11 Å². The lowest BCUT2D eigenvalue weighted by Gasteiger charge is -2.11. The number of para-hydroxylation sites is 1. The summed E-state index contributed by atoms with van der Waals surface area (Å²) in [6.07, 6.45) is 3.38. The Morgan fingerprint density at radius 2 is 1.74 bits per heavy atom. The van der Waals surface area contributed by atoms with Crippen LogP contribution in [0.2, 0.25) is 0 Å². The average Bonchev–Trinajstić information content (AvgIpc) is 2.71. The molecule has 0 fully saturated rings. The maximum atomic E-state index is 12.3. The van der Waals surface area contributed by atoms with E-state index in [-0.39, 0.29) is 5.78 Å². The van der Waals surface area contributed by atoms with Crippen molar-refractivity contribution in [3.63, 3.8) is 0 Å². The minimum atomic E-state index is -0.0413. The van der Waals surface area contributed by atoms with Crippen LogP contribution < -0.4 is 9.47 Å². The van der Waals surface area contributed by atoms with Gasteiger partial charge in [0, 0.05) is 15.6 Å². The molecule has 3 nitrogen and oxygen atoms in total. The van der Waals surface area contributed by atoms with E-state index in [0.717, 1.165) is 27.1 Å². The zero-order chi connectivity index (χ0) is 19.1. The molecule has 136 valence electrons. The van der Waals surface area contributed by atoms with E-state index in [9.17, 15) is 4.79 Å². The van der Waals surface area contributed by atoms with Gasteiger partial charge in [-0.1, -0.05) is 46.3 Å². The van der Waals surface area contributed by atoms with E-state index in [4.69, 9.17) is 9.47 Å². The van der Waals surface area contributed by atoms with Gasteiger partial charge in [-0.05, 0) is 60.2 Å². The number of carbonyl (C=O) groups is 1. The summed E-state index contributed by atoms with van der Waals surface area (Å²) in [5.74, 6) is 1.51. The molecule has 0 N–H and O–H groups in total. The summed E-state index contributed by atoms with van der Waals surface area (Å²) in [4.78, 5) is 12.3. The normalized spacial score (nSPS) is 10.7. The zero-order valence-electron chi connectivity index (χ0n) is 14.9. The van der Waals surface area contributed by atoms with Crippen LogP contribution in [-0.4, -0.2) is 12.9 Å². The zero-order valence-corrected chi connectivity index (χ0v) is 16.5. The third-order valence-electron chi connectivity index (χ3n) is 4.00. The molecule has 0 radical (unpaired) electrons. The van der Waals surface area contributed by atoms with Crippen LogP contribution in [0.4, 0.5) is 0 Å². The number of ketones is 1. The van der Waals surface area contributed by atoms with Crippen molar-refractivity contribution >= 4 is 27.8 Å². The largest absolute Gasteiger partial charge is 0.496 e. The van der Waals surface area contributed by atoms with Gasteiger partial charge in [-0.15, -0.1) is 0 Å².